The van der Waals surface area contributed by atoms with Gasteiger partial charge in [0.25, 0.3) is 5.91 Å². The van der Waals surface area contributed by atoms with Crippen LogP contribution in [0.3, 0.4) is 0 Å². The molecule has 0 aliphatic heterocycles. The zero-order valence-electron chi connectivity index (χ0n) is 11.0. The lowest BCUT2D eigenvalue weighted by Crippen LogP contribution is -2.38. The van der Waals surface area contributed by atoms with Crippen LogP contribution < -0.4 is 10.6 Å². The number of methoxy groups -OCH3 is 1. The molecule has 6 heteroatoms. The number of rotatable bonds is 6. The lowest BCUT2D eigenvalue weighted by Gasteiger charge is -2.08. The highest BCUT2D eigenvalue weighted by Crippen LogP contribution is 2.17. The number of carbonyl (C=O) groups excluding carboxylic acids is 2. The van der Waals surface area contributed by atoms with Crippen LogP contribution in [-0.2, 0) is 9.53 Å². The van der Waals surface area contributed by atoms with Crippen molar-refractivity contribution in [3.05, 3.63) is 33.8 Å². The molecule has 0 aliphatic rings. The van der Waals surface area contributed by atoms with Crippen molar-refractivity contribution >= 4 is 27.7 Å². The third-order valence-electron chi connectivity index (χ3n) is 2.40. The third-order valence-corrected chi connectivity index (χ3v) is 3.10. The number of amides is 2. The van der Waals surface area contributed by atoms with Crippen molar-refractivity contribution in [2.24, 2.45) is 0 Å². The molecule has 0 saturated carbocycles. The first kappa shape index (κ1) is 15.7. The maximum Gasteiger partial charge on any atom is 0.252 e. The molecule has 2 N–H and O–H groups in total. The Balaban J connectivity index is 2.47. The van der Waals surface area contributed by atoms with E-state index in [2.05, 4.69) is 26.6 Å². The van der Waals surface area contributed by atoms with Crippen LogP contribution in [0.25, 0.3) is 0 Å². The molecule has 2 amide bonds. The van der Waals surface area contributed by atoms with E-state index < -0.39 is 0 Å². The Morgan fingerprint density at radius 1 is 1.32 bits per heavy atom. The number of benzene rings is 1. The minimum Gasteiger partial charge on any atom is -0.383 e. The van der Waals surface area contributed by atoms with E-state index in [1.54, 1.807) is 13.2 Å². The molecule has 1 aromatic carbocycles. The number of halogens is 1. The average Bonchev–Trinajstić information content (AvgIpc) is 2.39. The number of hydrogen-bond donors (Lipinski definition) is 2. The van der Waals surface area contributed by atoms with Gasteiger partial charge in [-0.1, -0.05) is 11.6 Å². The molecule has 0 bridgehead atoms. The maximum absolute atomic E-state index is 11.9. The molecule has 1 rings (SSSR count). The van der Waals surface area contributed by atoms with Crippen molar-refractivity contribution in [2.75, 3.05) is 26.8 Å². The molecule has 0 spiro atoms. The van der Waals surface area contributed by atoms with Crippen molar-refractivity contribution in [2.45, 2.75) is 6.92 Å². The molecule has 0 atom stereocenters. The molecule has 0 saturated heterocycles. The Labute approximate surface area is 120 Å². The lowest BCUT2D eigenvalue weighted by molar-refractivity contribution is -0.120. The molecule has 19 heavy (non-hydrogen) atoms. The van der Waals surface area contributed by atoms with E-state index in [0.29, 0.717) is 23.2 Å². The second-order valence-corrected chi connectivity index (χ2v) is 4.86. The number of nitrogens with one attached hydrogen (secondary N) is 2. The highest BCUT2D eigenvalue weighted by Gasteiger charge is 2.11. The summed E-state index contributed by atoms with van der Waals surface area (Å²) < 4.78 is 5.51. The molecule has 0 aromatic heterocycles. The van der Waals surface area contributed by atoms with Gasteiger partial charge in [0.05, 0.1) is 18.7 Å². The number of hydrogen-bond acceptors (Lipinski definition) is 3. The van der Waals surface area contributed by atoms with E-state index >= 15 is 0 Å². The van der Waals surface area contributed by atoms with Gasteiger partial charge in [-0.25, -0.2) is 0 Å². The zero-order chi connectivity index (χ0) is 14.3. The zero-order valence-corrected chi connectivity index (χ0v) is 12.5. The van der Waals surface area contributed by atoms with Gasteiger partial charge in [0.1, 0.15) is 0 Å². The quantitative estimate of drug-likeness (QED) is 0.772. The van der Waals surface area contributed by atoms with Gasteiger partial charge in [-0.05, 0) is 35.0 Å². The fourth-order valence-electron chi connectivity index (χ4n) is 1.42. The minimum atomic E-state index is -0.280. The number of ether oxygens (including phenoxy) is 1. The molecule has 0 fully saturated rings. The molecule has 0 aliphatic carbocycles. The summed E-state index contributed by atoms with van der Waals surface area (Å²) in [5.74, 6) is -0.522. The van der Waals surface area contributed by atoms with Gasteiger partial charge in [-0.3, -0.25) is 9.59 Å². The Hall–Kier alpha value is -1.40. The normalized spacial score (nSPS) is 10.1. The van der Waals surface area contributed by atoms with Gasteiger partial charge < -0.3 is 15.4 Å². The first-order chi connectivity index (χ1) is 9.04. The van der Waals surface area contributed by atoms with Crippen molar-refractivity contribution < 1.29 is 14.3 Å². The Kier molecular flexibility index (Phi) is 6.52. The van der Waals surface area contributed by atoms with Crippen LogP contribution in [0.5, 0.6) is 0 Å². The second kappa shape index (κ2) is 7.91. The van der Waals surface area contributed by atoms with Crippen molar-refractivity contribution in [1.82, 2.24) is 10.6 Å². The van der Waals surface area contributed by atoms with Crippen LogP contribution in [0.4, 0.5) is 0 Å². The molecule has 1 aromatic rings. The van der Waals surface area contributed by atoms with Crippen molar-refractivity contribution in [3.8, 4) is 0 Å². The van der Waals surface area contributed by atoms with Crippen LogP contribution in [0, 0.1) is 6.92 Å². The molecule has 0 radical (unpaired) electrons. The van der Waals surface area contributed by atoms with E-state index in [0.717, 1.165) is 5.56 Å². The van der Waals surface area contributed by atoms with Gasteiger partial charge in [0.2, 0.25) is 5.91 Å². The van der Waals surface area contributed by atoms with E-state index in [-0.39, 0.29) is 18.4 Å². The maximum atomic E-state index is 11.9. The van der Waals surface area contributed by atoms with Crippen molar-refractivity contribution in [3.63, 3.8) is 0 Å². The first-order valence-corrected chi connectivity index (χ1v) is 6.64. The highest BCUT2D eigenvalue weighted by molar-refractivity contribution is 9.10. The Morgan fingerprint density at radius 3 is 2.74 bits per heavy atom. The van der Waals surface area contributed by atoms with Crippen LogP contribution in [0.1, 0.15) is 15.9 Å². The predicted octanol–water partition coefficient (Wildman–Crippen LogP) is 1.25. The van der Waals surface area contributed by atoms with E-state index in [4.69, 9.17) is 4.74 Å². The molecule has 0 heterocycles. The third kappa shape index (κ3) is 5.40. The molecule has 104 valence electrons. The second-order valence-electron chi connectivity index (χ2n) is 4.01. The molecular weight excluding hydrogens is 312 g/mol. The smallest absolute Gasteiger partial charge is 0.252 e. The van der Waals surface area contributed by atoms with Gasteiger partial charge >= 0.3 is 0 Å². The van der Waals surface area contributed by atoms with E-state index in [1.807, 2.05) is 19.1 Å². The predicted molar refractivity (Wildman–Crippen MR) is 76.1 cm³/mol. The summed E-state index contributed by atoms with van der Waals surface area (Å²) in [6.45, 7) is 2.73. The Morgan fingerprint density at radius 2 is 2.05 bits per heavy atom. The summed E-state index contributed by atoms with van der Waals surface area (Å²) in [4.78, 5) is 23.3. The molecule has 0 unspecified atom stereocenters. The summed E-state index contributed by atoms with van der Waals surface area (Å²) in [7, 11) is 1.56. The fraction of sp³-hybridized carbons (Fsp3) is 0.385. The molecular formula is C13H17BrN2O3. The van der Waals surface area contributed by atoms with Crippen LogP contribution in [-0.4, -0.2) is 38.6 Å². The van der Waals surface area contributed by atoms with Gasteiger partial charge in [0, 0.05) is 18.1 Å². The molecule has 5 nitrogen and oxygen atoms in total. The fourth-order valence-corrected chi connectivity index (χ4v) is 1.85. The summed E-state index contributed by atoms with van der Waals surface area (Å²) in [5, 5.41) is 5.20. The van der Waals surface area contributed by atoms with Crippen LogP contribution in [0.2, 0.25) is 0 Å². The summed E-state index contributed by atoms with van der Waals surface area (Å²) >= 11 is 3.31. The van der Waals surface area contributed by atoms with Gasteiger partial charge in [-0.15, -0.1) is 0 Å². The first-order valence-electron chi connectivity index (χ1n) is 5.84. The monoisotopic (exact) mass is 328 g/mol. The van der Waals surface area contributed by atoms with Gasteiger partial charge in [0.15, 0.2) is 0 Å². The number of carbonyl (C=O) groups is 2. The summed E-state index contributed by atoms with van der Waals surface area (Å²) in [6.07, 6.45) is 0. The topological polar surface area (TPSA) is 67.4 Å². The largest absolute Gasteiger partial charge is 0.383 e. The summed E-state index contributed by atoms with van der Waals surface area (Å²) in [6, 6.07) is 5.48. The highest BCUT2D eigenvalue weighted by atomic mass is 79.9. The standard InChI is InChI=1S/C13H17BrN2O3/c1-9-3-4-11(14)10(7-9)13(18)16-8-12(17)15-5-6-19-2/h3-4,7H,5-6,8H2,1-2H3,(H,15,17)(H,16,18). The SMILES string of the molecule is COCCNC(=O)CNC(=O)c1cc(C)ccc1Br. The lowest BCUT2D eigenvalue weighted by atomic mass is 10.1. The van der Waals surface area contributed by atoms with Crippen molar-refractivity contribution in [1.29, 1.82) is 0 Å². The Bertz CT molecular complexity index is 463. The average molecular weight is 329 g/mol. The van der Waals surface area contributed by atoms with Gasteiger partial charge in [-0.2, -0.15) is 0 Å². The van der Waals surface area contributed by atoms with Crippen LogP contribution >= 0.6 is 15.9 Å². The summed E-state index contributed by atoms with van der Waals surface area (Å²) in [5.41, 5.74) is 1.50. The van der Waals surface area contributed by atoms with Crippen LogP contribution in [0.15, 0.2) is 22.7 Å². The minimum absolute atomic E-state index is 0.0526. The van der Waals surface area contributed by atoms with E-state index in [1.165, 1.54) is 0 Å². The van der Waals surface area contributed by atoms with E-state index in [9.17, 15) is 9.59 Å². The number of aryl methyl sites for hydroxylation is 1.